The molecule has 4 rings (SSSR count). The maximum atomic E-state index is 13.8. The Morgan fingerprint density at radius 2 is 1.91 bits per heavy atom. The summed E-state index contributed by atoms with van der Waals surface area (Å²) < 4.78 is 19.6. The fourth-order valence-corrected chi connectivity index (χ4v) is 6.69. The standard InChI is InChI=1S/C27H40FN3O3S/c1-19(17-31-18-27(2,3)22-16-21(28)9-10-23(22)31)29-26(33)34-24(15-20-7-5-4-6-8-20)25(32)30-11-13-35-14-12-30/h9-10,16,19-20,24H,4-8,11-15,17-18H2,1-3H3,(H,29,33)/t19-,24?/m0/s1. The summed E-state index contributed by atoms with van der Waals surface area (Å²) in [6.07, 6.45) is 5.19. The van der Waals surface area contributed by atoms with Crippen molar-refractivity contribution in [1.82, 2.24) is 10.2 Å². The SMILES string of the molecule is C[C@@H](CN1CC(C)(C)c2cc(F)ccc21)NC(=O)OC(CC1CCCCC1)C(=O)N1CCSCC1. The summed E-state index contributed by atoms with van der Waals surface area (Å²) in [7, 11) is 0. The van der Waals surface area contributed by atoms with Gasteiger partial charge in [0, 0.05) is 54.8 Å². The zero-order valence-electron chi connectivity index (χ0n) is 21.4. The monoisotopic (exact) mass is 505 g/mol. The average Bonchev–Trinajstić information content (AvgIpc) is 3.08. The lowest BCUT2D eigenvalue weighted by Crippen LogP contribution is -2.48. The number of nitrogens with one attached hydrogen (secondary N) is 1. The number of ether oxygens (including phenoxy) is 1. The summed E-state index contributed by atoms with van der Waals surface area (Å²) in [5.41, 5.74) is 1.83. The number of hydrogen-bond acceptors (Lipinski definition) is 5. The number of benzene rings is 1. The molecule has 1 N–H and O–H groups in total. The third-order valence-corrected chi connectivity index (χ3v) is 8.54. The molecule has 2 heterocycles. The van der Waals surface area contributed by atoms with Gasteiger partial charge < -0.3 is 19.9 Å². The number of fused-ring (bicyclic) bond motifs is 1. The van der Waals surface area contributed by atoms with Crippen molar-refractivity contribution in [3.05, 3.63) is 29.6 Å². The molecule has 194 valence electrons. The molecule has 1 aromatic rings. The smallest absolute Gasteiger partial charge is 0.408 e. The van der Waals surface area contributed by atoms with Crippen molar-refractivity contribution in [2.45, 2.75) is 76.9 Å². The molecule has 2 amide bonds. The van der Waals surface area contributed by atoms with Gasteiger partial charge in [0.25, 0.3) is 5.91 Å². The van der Waals surface area contributed by atoms with Gasteiger partial charge in [0.05, 0.1) is 0 Å². The molecule has 0 radical (unpaired) electrons. The lowest BCUT2D eigenvalue weighted by molar-refractivity contribution is -0.141. The van der Waals surface area contributed by atoms with Crippen LogP contribution in [-0.4, -0.2) is 66.7 Å². The van der Waals surface area contributed by atoms with Crippen LogP contribution in [0.3, 0.4) is 0 Å². The zero-order chi connectivity index (χ0) is 25.0. The number of thioether (sulfide) groups is 1. The highest BCUT2D eigenvalue weighted by atomic mass is 32.2. The van der Waals surface area contributed by atoms with E-state index in [4.69, 9.17) is 4.74 Å². The van der Waals surface area contributed by atoms with Gasteiger partial charge in [-0.15, -0.1) is 0 Å². The van der Waals surface area contributed by atoms with E-state index in [0.29, 0.717) is 18.9 Å². The molecule has 1 saturated carbocycles. The molecular weight excluding hydrogens is 465 g/mol. The topological polar surface area (TPSA) is 61.9 Å². The predicted octanol–water partition coefficient (Wildman–Crippen LogP) is 4.95. The number of halogens is 1. The molecule has 35 heavy (non-hydrogen) atoms. The number of alkyl carbamates (subject to hydrolysis) is 1. The Labute approximate surface area is 213 Å². The lowest BCUT2D eigenvalue weighted by atomic mass is 9.85. The molecular formula is C27H40FN3O3S. The Bertz CT molecular complexity index is 900. The molecule has 0 aromatic heterocycles. The molecule has 1 unspecified atom stereocenters. The van der Waals surface area contributed by atoms with Crippen LogP contribution in [-0.2, 0) is 14.9 Å². The molecule has 0 bridgehead atoms. The minimum absolute atomic E-state index is 0.0454. The van der Waals surface area contributed by atoms with Gasteiger partial charge >= 0.3 is 6.09 Å². The molecule has 3 aliphatic rings. The normalized spacial score (nSPS) is 21.8. The molecule has 1 aliphatic carbocycles. The number of amides is 2. The first-order chi connectivity index (χ1) is 16.7. The molecule has 2 atom stereocenters. The van der Waals surface area contributed by atoms with Crippen LogP contribution in [0.4, 0.5) is 14.9 Å². The van der Waals surface area contributed by atoms with Crippen molar-refractivity contribution in [3.8, 4) is 0 Å². The molecule has 2 fully saturated rings. The minimum atomic E-state index is -0.720. The number of rotatable bonds is 7. The second-order valence-electron chi connectivity index (χ2n) is 11.0. The molecule has 0 spiro atoms. The first-order valence-corrected chi connectivity index (χ1v) is 14.3. The Hall–Kier alpha value is -1.96. The van der Waals surface area contributed by atoms with Gasteiger partial charge in [-0.05, 0) is 43.0 Å². The second-order valence-corrected chi connectivity index (χ2v) is 12.3. The van der Waals surface area contributed by atoms with E-state index >= 15 is 0 Å². The van der Waals surface area contributed by atoms with Crippen molar-refractivity contribution in [2.75, 3.05) is 42.6 Å². The fourth-order valence-electron chi connectivity index (χ4n) is 5.79. The number of nitrogens with zero attached hydrogens (tertiary/aromatic N) is 2. The van der Waals surface area contributed by atoms with E-state index in [1.165, 1.54) is 25.3 Å². The largest absolute Gasteiger partial charge is 0.436 e. The number of carbonyl (C=O) groups is 2. The van der Waals surface area contributed by atoms with E-state index in [1.807, 2.05) is 29.7 Å². The third kappa shape index (κ3) is 6.63. The maximum absolute atomic E-state index is 13.8. The van der Waals surface area contributed by atoms with E-state index in [-0.39, 0.29) is 23.2 Å². The van der Waals surface area contributed by atoms with Crippen LogP contribution >= 0.6 is 11.8 Å². The van der Waals surface area contributed by atoms with Crippen LogP contribution in [0.2, 0.25) is 0 Å². The van der Waals surface area contributed by atoms with Crippen LogP contribution in [0.1, 0.15) is 64.9 Å². The highest BCUT2D eigenvalue weighted by Gasteiger charge is 2.36. The van der Waals surface area contributed by atoms with E-state index in [2.05, 4.69) is 24.1 Å². The number of carbonyl (C=O) groups excluding carboxylic acids is 2. The van der Waals surface area contributed by atoms with Gasteiger partial charge in [0.2, 0.25) is 0 Å². The van der Waals surface area contributed by atoms with Crippen molar-refractivity contribution < 1.29 is 18.7 Å². The Balaban J connectivity index is 1.36. The summed E-state index contributed by atoms with van der Waals surface area (Å²) in [5, 5.41) is 2.95. The Kier molecular flexibility index (Phi) is 8.50. The van der Waals surface area contributed by atoms with Crippen LogP contribution in [0, 0.1) is 11.7 Å². The Morgan fingerprint density at radius 1 is 1.20 bits per heavy atom. The zero-order valence-corrected chi connectivity index (χ0v) is 22.2. The highest BCUT2D eigenvalue weighted by molar-refractivity contribution is 7.99. The highest BCUT2D eigenvalue weighted by Crippen LogP contribution is 2.40. The van der Waals surface area contributed by atoms with E-state index in [1.54, 1.807) is 6.07 Å². The van der Waals surface area contributed by atoms with Crippen LogP contribution in [0.5, 0.6) is 0 Å². The second kappa shape index (κ2) is 11.4. The summed E-state index contributed by atoms with van der Waals surface area (Å²) in [4.78, 5) is 30.2. The molecule has 1 saturated heterocycles. The van der Waals surface area contributed by atoms with Crippen molar-refractivity contribution in [3.63, 3.8) is 0 Å². The van der Waals surface area contributed by atoms with Crippen molar-refractivity contribution in [2.24, 2.45) is 5.92 Å². The van der Waals surface area contributed by atoms with Gasteiger partial charge in [-0.2, -0.15) is 11.8 Å². The van der Waals surface area contributed by atoms with Gasteiger partial charge in [-0.25, -0.2) is 9.18 Å². The number of hydrogen-bond donors (Lipinski definition) is 1. The van der Waals surface area contributed by atoms with Gasteiger partial charge in [-0.3, -0.25) is 4.79 Å². The first-order valence-electron chi connectivity index (χ1n) is 13.1. The van der Waals surface area contributed by atoms with E-state index in [0.717, 1.165) is 55.2 Å². The average molecular weight is 506 g/mol. The Morgan fingerprint density at radius 3 is 2.63 bits per heavy atom. The molecule has 1 aromatic carbocycles. The van der Waals surface area contributed by atoms with E-state index < -0.39 is 12.2 Å². The summed E-state index contributed by atoms with van der Waals surface area (Å²) >= 11 is 1.86. The van der Waals surface area contributed by atoms with Crippen molar-refractivity contribution in [1.29, 1.82) is 0 Å². The van der Waals surface area contributed by atoms with Crippen molar-refractivity contribution >= 4 is 29.4 Å². The van der Waals surface area contributed by atoms with E-state index in [9.17, 15) is 14.0 Å². The molecule has 2 aliphatic heterocycles. The molecule has 8 heteroatoms. The maximum Gasteiger partial charge on any atom is 0.408 e. The summed E-state index contributed by atoms with van der Waals surface area (Å²) in [6.45, 7) is 8.93. The van der Waals surface area contributed by atoms with Crippen LogP contribution < -0.4 is 10.2 Å². The molecule has 6 nitrogen and oxygen atoms in total. The minimum Gasteiger partial charge on any atom is -0.436 e. The predicted molar refractivity (Wildman–Crippen MR) is 140 cm³/mol. The third-order valence-electron chi connectivity index (χ3n) is 7.59. The van der Waals surface area contributed by atoms with Gasteiger partial charge in [0.15, 0.2) is 6.10 Å². The quantitative estimate of drug-likeness (QED) is 0.568. The summed E-state index contributed by atoms with van der Waals surface area (Å²) in [6, 6.07) is 4.73. The first kappa shape index (κ1) is 26.1. The van der Waals surface area contributed by atoms with Gasteiger partial charge in [-0.1, -0.05) is 46.0 Å². The number of anilines is 1. The van der Waals surface area contributed by atoms with Crippen LogP contribution in [0.15, 0.2) is 18.2 Å². The van der Waals surface area contributed by atoms with Crippen LogP contribution in [0.25, 0.3) is 0 Å². The lowest BCUT2D eigenvalue weighted by Gasteiger charge is -2.32. The van der Waals surface area contributed by atoms with Gasteiger partial charge in [0.1, 0.15) is 5.82 Å². The fraction of sp³-hybridized carbons (Fsp3) is 0.704. The summed E-state index contributed by atoms with van der Waals surface area (Å²) in [5.74, 6) is 2.03.